The van der Waals surface area contributed by atoms with Crippen LogP contribution in [0.2, 0.25) is 0 Å². The second-order valence-corrected chi connectivity index (χ2v) is 5.71. The normalized spacial score (nSPS) is 12.1. The van der Waals surface area contributed by atoms with Crippen LogP contribution in [0.15, 0.2) is 18.2 Å². The van der Waals surface area contributed by atoms with Crippen LogP contribution in [0.1, 0.15) is 57.8 Å². The molecule has 0 saturated carbocycles. The van der Waals surface area contributed by atoms with Gasteiger partial charge >= 0.3 is 0 Å². The molecule has 3 heteroatoms. The minimum absolute atomic E-state index is 0.129. The highest BCUT2D eigenvalue weighted by Gasteiger charge is 2.33. The van der Waals surface area contributed by atoms with Gasteiger partial charge in [-0.1, -0.05) is 39.7 Å². The van der Waals surface area contributed by atoms with Gasteiger partial charge in [0.1, 0.15) is 0 Å². The molecule has 0 aliphatic carbocycles. The van der Waals surface area contributed by atoms with E-state index in [2.05, 4.69) is 42.8 Å². The van der Waals surface area contributed by atoms with Crippen LogP contribution in [-0.4, -0.2) is 28.5 Å². The monoisotopic (exact) mass is 277 g/mol. The van der Waals surface area contributed by atoms with Crippen molar-refractivity contribution in [2.75, 3.05) is 13.1 Å². The van der Waals surface area contributed by atoms with E-state index in [1.807, 2.05) is 13.0 Å². The summed E-state index contributed by atoms with van der Waals surface area (Å²) in [5.74, 6) is 0. The SMILES string of the molecule is CCCC(CN)(CCC)N(CC)Cc1cccc(C)n1. The van der Waals surface area contributed by atoms with E-state index in [1.165, 1.54) is 12.8 Å². The Bertz CT molecular complexity index is 384. The van der Waals surface area contributed by atoms with Crippen LogP contribution >= 0.6 is 0 Å². The van der Waals surface area contributed by atoms with E-state index in [4.69, 9.17) is 5.73 Å². The lowest BCUT2D eigenvalue weighted by molar-refractivity contribution is 0.0707. The molecule has 0 radical (unpaired) electrons. The summed E-state index contributed by atoms with van der Waals surface area (Å²) >= 11 is 0. The van der Waals surface area contributed by atoms with E-state index in [0.717, 1.165) is 43.9 Å². The second kappa shape index (κ2) is 8.38. The lowest BCUT2D eigenvalue weighted by Crippen LogP contribution is -2.53. The number of hydrogen-bond donors (Lipinski definition) is 1. The van der Waals surface area contributed by atoms with Crippen LogP contribution < -0.4 is 5.73 Å². The van der Waals surface area contributed by atoms with E-state index in [0.29, 0.717) is 0 Å². The molecule has 0 aliphatic rings. The third-order valence-electron chi connectivity index (χ3n) is 4.16. The molecule has 1 aromatic heterocycles. The van der Waals surface area contributed by atoms with Gasteiger partial charge in [-0.25, -0.2) is 0 Å². The first kappa shape index (κ1) is 17.1. The van der Waals surface area contributed by atoms with Gasteiger partial charge in [0, 0.05) is 24.3 Å². The molecule has 20 heavy (non-hydrogen) atoms. The van der Waals surface area contributed by atoms with Crippen molar-refractivity contribution in [2.24, 2.45) is 5.73 Å². The predicted molar refractivity (Wildman–Crippen MR) is 86.7 cm³/mol. The number of aromatic nitrogens is 1. The smallest absolute Gasteiger partial charge is 0.0547 e. The summed E-state index contributed by atoms with van der Waals surface area (Å²) < 4.78 is 0. The molecule has 0 saturated heterocycles. The molecule has 3 nitrogen and oxygen atoms in total. The average molecular weight is 277 g/mol. The Labute approximate surface area is 124 Å². The number of rotatable bonds is 9. The maximum Gasteiger partial charge on any atom is 0.0547 e. The van der Waals surface area contributed by atoms with Crippen LogP contribution in [0, 0.1) is 6.92 Å². The fourth-order valence-electron chi connectivity index (χ4n) is 3.20. The molecule has 114 valence electrons. The summed E-state index contributed by atoms with van der Waals surface area (Å²) in [5.41, 5.74) is 8.54. The Balaban J connectivity index is 2.94. The maximum absolute atomic E-state index is 6.18. The molecular weight excluding hydrogens is 246 g/mol. The number of pyridine rings is 1. The highest BCUT2D eigenvalue weighted by Crippen LogP contribution is 2.27. The van der Waals surface area contributed by atoms with Gasteiger partial charge in [-0.3, -0.25) is 9.88 Å². The summed E-state index contributed by atoms with van der Waals surface area (Å²) in [6, 6.07) is 6.26. The van der Waals surface area contributed by atoms with Crippen molar-refractivity contribution in [3.05, 3.63) is 29.6 Å². The van der Waals surface area contributed by atoms with Gasteiger partial charge < -0.3 is 5.73 Å². The molecule has 1 heterocycles. The lowest BCUT2D eigenvalue weighted by atomic mass is 9.86. The van der Waals surface area contributed by atoms with Gasteiger partial charge in [-0.05, 0) is 38.4 Å². The molecular formula is C17H31N3. The van der Waals surface area contributed by atoms with Gasteiger partial charge in [0.25, 0.3) is 0 Å². The zero-order chi connectivity index (χ0) is 15.0. The number of nitrogens with zero attached hydrogens (tertiary/aromatic N) is 2. The topological polar surface area (TPSA) is 42.1 Å². The van der Waals surface area contributed by atoms with Crippen LogP contribution in [0.25, 0.3) is 0 Å². The first-order valence-corrected chi connectivity index (χ1v) is 7.99. The molecule has 0 bridgehead atoms. The molecule has 0 spiro atoms. The van der Waals surface area contributed by atoms with E-state index in [-0.39, 0.29) is 5.54 Å². The molecule has 0 aliphatic heterocycles. The van der Waals surface area contributed by atoms with Crippen molar-refractivity contribution < 1.29 is 0 Å². The highest BCUT2D eigenvalue weighted by atomic mass is 15.2. The van der Waals surface area contributed by atoms with Crippen LogP contribution in [-0.2, 0) is 6.54 Å². The first-order valence-electron chi connectivity index (χ1n) is 7.99. The van der Waals surface area contributed by atoms with Gasteiger partial charge in [0.15, 0.2) is 0 Å². The largest absolute Gasteiger partial charge is 0.329 e. The summed E-state index contributed by atoms with van der Waals surface area (Å²) in [5, 5.41) is 0. The Morgan fingerprint density at radius 2 is 1.80 bits per heavy atom. The lowest BCUT2D eigenvalue weighted by Gasteiger charge is -2.43. The second-order valence-electron chi connectivity index (χ2n) is 5.71. The van der Waals surface area contributed by atoms with Crippen molar-refractivity contribution in [1.82, 2.24) is 9.88 Å². The quantitative estimate of drug-likeness (QED) is 0.751. The molecule has 1 aromatic rings. The number of nitrogens with two attached hydrogens (primary N) is 1. The van der Waals surface area contributed by atoms with Gasteiger partial charge in [-0.15, -0.1) is 0 Å². The third kappa shape index (κ3) is 4.29. The first-order chi connectivity index (χ1) is 9.61. The zero-order valence-electron chi connectivity index (χ0n) is 13.7. The number of hydrogen-bond acceptors (Lipinski definition) is 3. The summed E-state index contributed by atoms with van der Waals surface area (Å²) in [4.78, 5) is 7.18. The maximum atomic E-state index is 6.18. The molecule has 2 N–H and O–H groups in total. The molecule has 1 rings (SSSR count). The Kier molecular flexibility index (Phi) is 7.17. The van der Waals surface area contributed by atoms with Crippen molar-refractivity contribution in [2.45, 2.75) is 65.5 Å². The highest BCUT2D eigenvalue weighted by molar-refractivity contribution is 5.10. The predicted octanol–water partition coefficient (Wildman–Crippen LogP) is 3.51. The van der Waals surface area contributed by atoms with Gasteiger partial charge in [0.05, 0.1) is 5.69 Å². The standard InChI is InChI=1S/C17H31N3/c1-5-11-17(14-18,12-6-2)20(7-3)13-16-10-8-9-15(4)19-16/h8-10H,5-7,11-14,18H2,1-4H3. The van der Waals surface area contributed by atoms with Crippen LogP contribution in [0.3, 0.4) is 0 Å². The van der Waals surface area contributed by atoms with E-state index >= 15 is 0 Å². The van der Waals surface area contributed by atoms with Crippen molar-refractivity contribution >= 4 is 0 Å². The summed E-state index contributed by atoms with van der Waals surface area (Å²) in [6.07, 6.45) is 4.68. The van der Waals surface area contributed by atoms with Crippen molar-refractivity contribution in [3.8, 4) is 0 Å². The fourth-order valence-corrected chi connectivity index (χ4v) is 3.20. The summed E-state index contributed by atoms with van der Waals surface area (Å²) in [6.45, 7) is 11.4. The Hall–Kier alpha value is -0.930. The van der Waals surface area contributed by atoms with Crippen LogP contribution in [0.4, 0.5) is 0 Å². The van der Waals surface area contributed by atoms with Crippen molar-refractivity contribution in [3.63, 3.8) is 0 Å². The van der Waals surface area contributed by atoms with Gasteiger partial charge in [0.2, 0.25) is 0 Å². The molecule has 0 aromatic carbocycles. The zero-order valence-corrected chi connectivity index (χ0v) is 13.7. The molecule has 0 unspecified atom stereocenters. The molecule has 0 amide bonds. The Morgan fingerprint density at radius 1 is 1.15 bits per heavy atom. The summed E-state index contributed by atoms with van der Waals surface area (Å²) in [7, 11) is 0. The fraction of sp³-hybridized carbons (Fsp3) is 0.706. The molecule has 0 fully saturated rings. The van der Waals surface area contributed by atoms with E-state index in [1.54, 1.807) is 0 Å². The number of aryl methyl sites for hydroxylation is 1. The van der Waals surface area contributed by atoms with E-state index in [9.17, 15) is 0 Å². The Morgan fingerprint density at radius 3 is 2.25 bits per heavy atom. The molecule has 0 atom stereocenters. The van der Waals surface area contributed by atoms with E-state index < -0.39 is 0 Å². The van der Waals surface area contributed by atoms with Crippen LogP contribution in [0.5, 0.6) is 0 Å². The van der Waals surface area contributed by atoms with Crippen molar-refractivity contribution in [1.29, 1.82) is 0 Å². The number of likely N-dealkylation sites (N-methyl/N-ethyl adjacent to an activating group) is 1. The minimum atomic E-state index is 0.129. The average Bonchev–Trinajstić information content (AvgIpc) is 2.44. The van der Waals surface area contributed by atoms with Gasteiger partial charge in [-0.2, -0.15) is 0 Å². The minimum Gasteiger partial charge on any atom is -0.329 e. The third-order valence-corrected chi connectivity index (χ3v) is 4.16.